The molecule has 34 heavy (non-hydrogen) atoms. The van der Waals surface area contributed by atoms with Crippen molar-refractivity contribution >= 4 is 28.7 Å². The standard InChI is InChI=1S/C26H27N3O5/c30-24(2-1-13-29-25(31)19-7-12-22-23(16-19)28-15-14-27-22)17-3-8-20(9-4-17)34-21-10-5-18(6-11-21)26(32)33/h3-4,7-9,12,14-16,18,21H,1-2,5-6,10-11,13H2,(H,29,31)(H,32,33). The Bertz CT molecular complexity index is 1170. The maximum Gasteiger partial charge on any atom is 0.306 e. The highest BCUT2D eigenvalue weighted by Crippen LogP contribution is 2.28. The predicted octanol–water partition coefficient (Wildman–Crippen LogP) is 4.04. The molecule has 0 radical (unpaired) electrons. The van der Waals surface area contributed by atoms with Crippen LogP contribution in [0.25, 0.3) is 11.0 Å². The molecule has 1 fully saturated rings. The van der Waals surface area contributed by atoms with E-state index in [1.807, 2.05) is 0 Å². The van der Waals surface area contributed by atoms with Gasteiger partial charge >= 0.3 is 5.97 Å². The molecule has 0 aliphatic heterocycles. The van der Waals surface area contributed by atoms with Gasteiger partial charge in [0.15, 0.2) is 5.78 Å². The van der Waals surface area contributed by atoms with Crippen LogP contribution in [0.5, 0.6) is 5.75 Å². The first-order valence-electron chi connectivity index (χ1n) is 11.5. The Hall–Kier alpha value is -3.81. The third kappa shape index (κ3) is 5.95. The van der Waals surface area contributed by atoms with Crippen LogP contribution < -0.4 is 10.1 Å². The normalized spacial score (nSPS) is 17.8. The topological polar surface area (TPSA) is 118 Å². The molecule has 0 saturated heterocycles. The van der Waals surface area contributed by atoms with Gasteiger partial charge in [0.2, 0.25) is 0 Å². The molecule has 0 bridgehead atoms. The molecule has 176 valence electrons. The molecule has 8 nitrogen and oxygen atoms in total. The number of carboxylic acids is 1. The number of amides is 1. The Balaban J connectivity index is 1.19. The molecule has 1 aromatic heterocycles. The Morgan fingerprint density at radius 3 is 2.29 bits per heavy atom. The van der Waals surface area contributed by atoms with Crippen molar-refractivity contribution in [2.24, 2.45) is 5.92 Å². The van der Waals surface area contributed by atoms with Crippen LogP contribution in [0.2, 0.25) is 0 Å². The summed E-state index contributed by atoms with van der Waals surface area (Å²) in [4.78, 5) is 44.3. The smallest absolute Gasteiger partial charge is 0.306 e. The molecule has 1 heterocycles. The minimum absolute atomic E-state index is 0.00347. The molecular formula is C26H27N3O5. The van der Waals surface area contributed by atoms with E-state index in [0.29, 0.717) is 54.6 Å². The molecule has 0 atom stereocenters. The summed E-state index contributed by atoms with van der Waals surface area (Å²) in [6.07, 6.45) is 6.74. The van der Waals surface area contributed by atoms with Gasteiger partial charge in [0.05, 0.1) is 23.1 Å². The van der Waals surface area contributed by atoms with Crippen molar-refractivity contribution in [3.8, 4) is 5.75 Å². The molecule has 0 unspecified atom stereocenters. The van der Waals surface area contributed by atoms with Crippen LogP contribution in [-0.2, 0) is 4.79 Å². The summed E-state index contributed by atoms with van der Waals surface area (Å²) < 4.78 is 5.95. The van der Waals surface area contributed by atoms with Crippen LogP contribution in [0.4, 0.5) is 0 Å². The number of nitrogens with zero attached hydrogens (tertiary/aromatic N) is 2. The van der Waals surface area contributed by atoms with E-state index in [1.54, 1.807) is 54.9 Å². The summed E-state index contributed by atoms with van der Waals surface area (Å²) in [7, 11) is 0. The van der Waals surface area contributed by atoms with Crippen molar-refractivity contribution in [3.05, 3.63) is 66.0 Å². The average molecular weight is 462 g/mol. The summed E-state index contributed by atoms with van der Waals surface area (Å²) in [5, 5.41) is 11.9. The number of carboxylic acid groups (broad SMARTS) is 1. The van der Waals surface area contributed by atoms with Gasteiger partial charge in [-0.25, -0.2) is 0 Å². The number of hydrogen-bond donors (Lipinski definition) is 2. The summed E-state index contributed by atoms with van der Waals surface area (Å²) in [6, 6.07) is 12.2. The number of carbonyl (C=O) groups is 3. The van der Waals surface area contributed by atoms with Gasteiger partial charge in [-0.15, -0.1) is 0 Å². The molecule has 0 spiro atoms. The molecule has 2 N–H and O–H groups in total. The SMILES string of the molecule is O=C(CCCNC(=O)c1ccc2nccnc2c1)c1ccc(OC2CCC(C(=O)O)CC2)cc1. The van der Waals surface area contributed by atoms with Gasteiger partial charge < -0.3 is 15.2 Å². The Morgan fingerprint density at radius 2 is 1.59 bits per heavy atom. The van der Waals surface area contributed by atoms with E-state index < -0.39 is 5.97 Å². The van der Waals surface area contributed by atoms with Crippen molar-refractivity contribution in [2.45, 2.75) is 44.6 Å². The Kier molecular flexibility index (Phi) is 7.47. The molecule has 8 heteroatoms. The van der Waals surface area contributed by atoms with E-state index in [4.69, 9.17) is 9.84 Å². The predicted molar refractivity (Wildman–Crippen MR) is 126 cm³/mol. The first-order valence-corrected chi connectivity index (χ1v) is 11.5. The zero-order chi connectivity index (χ0) is 23.9. The van der Waals surface area contributed by atoms with Gasteiger partial charge in [0.1, 0.15) is 5.75 Å². The van der Waals surface area contributed by atoms with Crippen molar-refractivity contribution in [1.29, 1.82) is 0 Å². The molecule has 1 aliphatic carbocycles. The number of carbonyl (C=O) groups excluding carboxylic acids is 2. The molecule has 1 saturated carbocycles. The average Bonchev–Trinajstić information content (AvgIpc) is 2.87. The van der Waals surface area contributed by atoms with Gasteiger partial charge in [0.25, 0.3) is 5.91 Å². The third-order valence-corrected chi connectivity index (χ3v) is 6.10. The second kappa shape index (κ2) is 10.9. The highest BCUT2D eigenvalue weighted by molar-refractivity contribution is 5.97. The number of ketones is 1. The van der Waals surface area contributed by atoms with Crippen LogP contribution >= 0.6 is 0 Å². The number of aromatic nitrogens is 2. The lowest BCUT2D eigenvalue weighted by Gasteiger charge is -2.26. The highest BCUT2D eigenvalue weighted by Gasteiger charge is 2.26. The maximum atomic E-state index is 12.5. The molecule has 3 aromatic rings. The molecular weight excluding hydrogens is 434 g/mol. The number of hydrogen-bond acceptors (Lipinski definition) is 6. The zero-order valence-corrected chi connectivity index (χ0v) is 18.8. The zero-order valence-electron chi connectivity index (χ0n) is 18.8. The lowest BCUT2D eigenvalue weighted by molar-refractivity contribution is -0.143. The highest BCUT2D eigenvalue weighted by atomic mass is 16.5. The number of ether oxygens (including phenoxy) is 1. The quantitative estimate of drug-likeness (QED) is 0.365. The fraction of sp³-hybridized carbons (Fsp3) is 0.346. The number of fused-ring (bicyclic) bond motifs is 1. The third-order valence-electron chi connectivity index (χ3n) is 6.10. The van der Waals surface area contributed by atoms with Crippen molar-refractivity contribution in [2.75, 3.05) is 6.54 Å². The van der Waals surface area contributed by atoms with Crippen molar-refractivity contribution in [3.63, 3.8) is 0 Å². The number of rotatable bonds is 9. The van der Waals surface area contributed by atoms with Gasteiger partial charge in [-0.3, -0.25) is 24.4 Å². The molecule has 2 aromatic carbocycles. The van der Waals surface area contributed by atoms with Gasteiger partial charge in [0, 0.05) is 36.5 Å². The molecule has 4 rings (SSSR count). The van der Waals surface area contributed by atoms with E-state index in [2.05, 4.69) is 15.3 Å². The summed E-state index contributed by atoms with van der Waals surface area (Å²) in [6.45, 7) is 0.392. The Labute approximate surface area is 197 Å². The van der Waals surface area contributed by atoms with Gasteiger partial charge in [-0.1, -0.05) is 0 Å². The van der Waals surface area contributed by atoms with Crippen LogP contribution in [-0.4, -0.2) is 45.4 Å². The monoisotopic (exact) mass is 461 g/mol. The molecule has 1 amide bonds. The van der Waals surface area contributed by atoms with Crippen molar-refractivity contribution < 1.29 is 24.2 Å². The van der Waals surface area contributed by atoms with E-state index in [-0.39, 0.29) is 23.7 Å². The number of nitrogens with one attached hydrogen (secondary N) is 1. The van der Waals surface area contributed by atoms with Gasteiger partial charge in [-0.05, 0) is 74.6 Å². The number of benzene rings is 2. The Morgan fingerprint density at radius 1 is 0.912 bits per heavy atom. The van der Waals surface area contributed by atoms with E-state index >= 15 is 0 Å². The fourth-order valence-corrected chi connectivity index (χ4v) is 4.14. The largest absolute Gasteiger partial charge is 0.490 e. The number of Topliss-reactive ketones (excluding diaryl/α,β-unsaturated/α-hetero) is 1. The van der Waals surface area contributed by atoms with Gasteiger partial charge in [-0.2, -0.15) is 0 Å². The van der Waals surface area contributed by atoms with E-state index in [0.717, 1.165) is 18.4 Å². The first kappa shape index (κ1) is 23.4. The maximum absolute atomic E-state index is 12.5. The van der Waals surface area contributed by atoms with E-state index in [9.17, 15) is 14.4 Å². The van der Waals surface area contributed by atoms with Crippen LogP contribution in [0.1, 0.15) is 59.2 Å². The summed E-state index contributed by atoms with van der Waals surface area (Å²) in [5.41, 5.74) is 2.49. The van der Waals surface area contributed by atoms with Crippen molar-refractivity contribution in [1.82, 2.24) is 15.3 Å². The fourth-order valence-electron chi connectivity index (χ4n) is 4.14. The van der Waals surface area contributed by atoms with Crippen LogP contribution in [0.15, 0.2) is 54.9 Å². The van der Waals surface area contributed by atoms with E-state index in [1.165, 1.54) is 0 Å². The summed E-state index contributed by atoms with van der Waals surface area (Å²) >= 11 is 0. The second-order valence-electron chi connectivity index (χ2n) is 8.50. The lowest BCUT2D eigenvalue weighted by atomic mass is 9.87. The minimum Gasteiger partial charge on any atom is -0.490 e. The summed E-state index contributed by atoms with van der Waals surface area (Å²) in [5.74, 6) is -0.527. The van der Waals surface area contributed by atoms with Crippen LogP contribution in [0, 0.1) is 5.92 Å². The molecule has 1 aliphatic rings. The minimum atomic E-state index is -0.732. The first-order chi connectivity index (χ1) is 16.5. The lowest BCUT2D eigenvalue weighted by Crippen LogP contribution is -2.27. The van der Waals surface area contributed by atoms with Crippen LogP contribution in [0.3, 0.4) is 0 Å². The second-order valence-corrected chi connectivity index (χ2v) is 8.50. The number of aliphatic carboxylic acids is 1.